The van der Waals surface area contributed by atoms with Crippen molar-refractivity contribution in [3.05, 3.63) is 59.4 Å². The molecule has 2 aromatic heterocycles. The number of aryl methyl sites for hydroxylation is 1. The zero-order chi connectivity index (χ0) is 16.9. The second-order valence-electron chi connectivity index (χ2n) is 5.32. The average molecular weight is 340 g/mol. The molecule has 1 aromatic carbocycles. The molecule has 0 fully saturated rings. The number of halogens is 1. The van der Waals surface area contributed by atoms with Crippen LogP contribution in [0, 0.1) is 6.92 Å². The summed E-state index contributed by atoms with van der Waals surface area (Å²) in [4.78, 5) is 13.1. The fourth-order valence-corrected chi connectivity index (χ4v) is 2.41. The van der Waals surface area contributed by atoms with Gasteiger partial charge in [-0.15, -0.1) is 0 Å². The summed E-state index contributed by atoms with van der Waals surface area (Å²) in [6, 6.07) is 11.6. The van der Waals surface area contributed by atoms with Crippen molar-refractivity contribution < 1.29 is 0 Å². The molecule has 0 aliphatic rings. The van der Waals surface area contributed by atoms with Crippen LogP contribution in [0.5, 0.6) is 0 Å². The van der Waals surface area contributed by atoms with Crippen molar-refractivity contribution in [2.24, 2.45) is 0 Å². The summed E-state index contributed by atoms with van der Waals surface area (Å²) in [5.41, 5.74) is 3.76. The molecule has 0 aliphatic heterocycles. The first-order valence-corrected chi connectivity index (χ1v) is 8.10. The molecule has 0 amide bonds. The molecule has 3 aromatic rings. The van der Waals surface area contributed by atoms with Gasteiger partial charge in [0.25, 0.3) is 0 Å². The Morgan fingerprint density at radius 2 is 1.83 bits per heavy atom. The molecule has 5 nitrogen and oxygen atoms in total. The molecular weight excluding hydrogens is 322 g/mol. The van der Waals surface area contributed by atoms with Gasteiger partial charge in [0.15, 0.2) is 0 Å². The first-order valence-electron chi connectivity index (χ1n) is 7.72. The third-order valence-corrected chi connectivity index (χ3v) is 3.89. The first-order chi connectivity index (χ1) is 11.7. The maximum atomic E-state index is 6.09. The molecular formula is C18H18ClN5. The maximum Gasteiger partial charge on any atom is 0.225 e. The first kappa shape index (κ1) is 16.2. The van der Waals surface area contributed by atoms with Crippen LogP contribution >= 0.6 is 11.6 Å². The lowest BCUT2D eigenvalue weighted by Crippen LogP contribution is -2.05. The number of aromatic nitrogens is 3. The minimum absolute atomic E-state index is 0.583. The highest BCUT2D eigenvalue weighted by molar-refractivity contribution is 6.31. The molecule has 2 heterocycles. The highest BCUT2D eigenvalue weighted by atomic mass is 35.5. The van der Waals surface area contributed by atoms with Crippen LogP contribution in [0.25, 0.3) is 11.3 Å². The van der Waals surface area contributed by atoms with Gasteiger partial charge < -0.3 is 10.6 Å². The predicted molar refractivity (Wildman–Crippen MR) is 98.9 cm³/mol. The van der Waals surface area contributed by atoms with Crippen LogP contribution < -0.4 is 10.6 Å². The summed E-state index contributed by atoms with van der Waals surface area (Å²) < 4.78 is 0. The Labute approximate surface area is 146 Å². The van der Waals surface area contributed by atoms with Gasteiger partial charge >= 0.3 is 0 Å². The molecule has 0 saturated heterocycles. The number of hydrogen-bond acceptors (Lipinski definition) is 5. The Morgan fingerprint density at radius 3 is 2.54 bits per heavy atom. The van der Waals surface area contributed by atoms with Crippen molar-refractivity contribution in [1.82, 2.24) is 15.0 Å². The van der Waals surface area contributed by atoms with Gasteiger partial charge in [-0.1, -0.05) is 11.6 Å². The molecule has 0 radical (unpaired) electrons. The summed E-state index contributed by atoms with van der Waals surface area (Å²) in [6.07, 6.45) is 3.50. The van der Waals surface area contributed by atoms with Gasteiger partial charge in [-0.2, -0.15) is 4.98 Å². The lowest BCUT2D eigenvalue weighted by molar-refractivity contribution is 1.09. The van der Waals surface area contributed by atoms with Crippen LogP contribution in [-0.2, 0) is 0 Å². The van der Waals surface area contributed by atoms with Crippen LogP contribution in [-0.4, -0.2) is 21.5 Å². The Kier molecular flexibility index (Phi) is 4.91. The Balaban J connectivity index is 1.97. The smallest absolute Gasteiger partial charge is 0.225 e. The van der Waals surface area contributed by atoms with Crippen LogP contribution in [0.4, 0.5) is 17.5 Å². The molecule has 3 rings (SSSR count). The second-order valence-corrected chi connectivity index (χ2v) is 5.72. The van der Waals surface area contributed by atoms with E-state index in [4.69, 9.17) is 11.6 Å². The highest BCUT2D eigenvalue weighted by Gasteiger charge is 2.07. The zero-order valence-corrected chi connectivity index (χ0v) is 14.3. The monoisotopic (exact) mass is 339 g/mol. The third-order valence-electron chi connectivity index (χ3n) is 3.47. The van der Waals surface area contributed by atoms with E-state index in [1.54, 1.807) is 12.4 Å². The van der Waals surface area contributed by atoms with Gasteiger partial charge in [0.1, 0.15) is 5.82 Å². The van der Waals surface area contributed by atoms with Gasteiger partial charge in [0.05, 0.1) is 5.69 Å². The molecule has 0 aliphatic carbocycles. The van der Waals surface area contributed by atoms with E-state index in [9.17, 15) is 0 Å². The van der Waals surface area contributed by atoms with Crippen molar-refractivity contribution in [2.45, 2.75) is 13.8 Å². The lowest BCUT2D eigenvalue weighted by atomic mass is 10.2. The van der Waals surface area contributed by atoms with Crippen LogP contribution in [0.15, 0.2) is 48.8 Å². The second kappa shape index (κ2) is 7.27. The largest absolute Gasteiger partial charge is 0.354 e. The Bertz CT molecular complexity index is 836. The number of nitrogens with one attached hydrogen (secondary N) is 2. The van der Waals surface area contributed by atoms with E-state index in [0.29, 0.717) is 5.95 Å². The van der Waals surface area contributed by atoms with E-state index in [2.05, 4.69) is 25.6 Å². The predicted octanol–water partition coefficient (Wildman–Crippen LogP) is 4.68. The molecule has 0 bridgehead atoms. The standard InChI is InChI=1S/C18H18ClN5/c1-3-21-18-23-16(13-6-8-20-9-7-13)11-17(24-18)22-14-4-5-15(19)12(2)10-14/h4-11H,3H2,1-2H3,(H2,21,22,23,24). The van der Waals surface area contributed by atoms with Crippen molar-refractivity contribution in [2.75, 3.05) is 17.2 Å². The van der Waals surface area contributed by atoms with Gasteiger partial charge in [0.2, 0.25) is 5.95 Å². The zero-order valence-electron chi connectivity index (χ0n) is 13.5. The van der Waals surface area contributed by atoms with Crippen molar-refractivity contribution >= 4 is 29.1 Å². The normalized spacial score (nSPS) is 10.5. The van der Waals surface area contributed by atoms with Crippen LogP contribution in [0.2, 0.25) is 5.02 Å². The summed E-state index contributed by atoms with van der Waals surface area (Å²) in [5.74, 6) is 1.30. The SMILES string of the molecule is CCNc1nc(Nc2ccc(Cl)c(C)c2)cc(-c2ccncc2)n1. The van der Waals surface area contributed by atoms with Crippen molar-refractivity contribution in [3.8, 4) is 11.3 Å². The maximum absolute atomic E-state index is 6.09. The molecule has 0 unspecified atom stereocenters. The van der Waals surface area contributed by atoms with E-state index in [-0.39, 0.29) is 0 Å². The summed E-state index contributed by atoms with van der Waals surface area (Å²) in [7, 11) is 0. The summed E-state index contributed by atoms with van der Waals surface area (Å²) in [6.45, 7) is 4.73. The molecule has 0 spiro atoms. The molecule has 2 N–H and O–H groups in total. The molecule has 122 valence electrons. The van der Waals surface area contributed by atoms with E-state index in [1.807, 2.05) is 50.2 Å². The minimum atomic E-state index is 0.583. The molecule has 6 heteroatoms. The fraction of sp³-hybridized carbons (Fsp3) is 0.167. The van der Waals surface area contributed by atoms with E-state index < -0.39 is 0 Å². The fourth-order valence-electron chi connectivity index (χ4n) is 2.29. The molecule has 0 saturated carbocycles. The topological polar surface area (TPSA) is 62.7 Å². The highest BCUT2D eigenvalue weighted by Crippen LogP contribution is 2.25. The van der Waals surface area contributed by atoms with Gasteiger partial charge in [-0.25, -0.2) is 4.98 Å². The minimum Gasteiger partial charge on any atom is -0.354 e. The molecule has 0 atom stereocenters. The number of anilines is 3. The summed E-state index contributed by atoms with van der Waals surface area (Å²) in [5, 5.41) is 7.23. The number of rotatable bonds is 5. The number of benzene rings is 1. The Hall–Kier alpha value is -2.66. The van der Waals surface area contributed by atoms with Gasteiger partial charge in [-0.3, -0.25) is 4.98 Å². The van der Waals surface area contributed by atoms with Crippen molar-refractivity contribution in [3.63, 3.8) is 0 Å². The van der Waals surface area contributed by atoms with E-state index in [0.717, 1.165) is 39.9 Å². The molecule has 24 heavy (non-hydrogen) atoms. The van der Waals surface area contributed by atoms with Crippen LogP contribution in [0.1, 0.15) is 12.5 Å². The lowest BCUT2D eigenvalue weighted by Gasteiger charge is -2.11. The van der Waals surface area contributed by atoms with Crippen molar-refractivity contribution in [1.29, 1.82) is 0 Å². The third kappa shape index (κ3) is 3.81. The average Bonchev–Trinajstić information content (AvgIpc) is 2.59. The van der Waals surface area contributed by atoms with Gasteiger partial charge in [0, 0.05) is 41.3 Å². The van der Waals surface area contributed by atoms with Gasteiger partial charge in [-0.05, 0) is 49.7 Å². The Morgan fingerprint density at radius 1 is 1.04 bits per heavy atom. The number of pyridine rings is 1. The quantitative estimate of drug-likeness (QED) is 0.707. The number of hydrogen-bond donors (Lipinski definition) is 2. The van der Waals surface area contributed by atoms with Crippen LogP contribution in [0.3, 0.4) is 0 Å². The summed E-state index contributed by atoms with van der Waals surface area (Å²) >= 11 is 6.09. The number of nitrogens with zero attached hydrogens (tertiary/aromatic N) is 3. The van der Waals surface area contributed by atoms with E-state index in [1.165, 1.54) is 0 Å². The van der Waals surface area contributed by atoms with E-state index >= 15 is 0 Å².